The van der Waals surface area contributed by atoms with Crippen LogP contribution in [0, 0.1) is 11.8 Å². The molecule has 2 amide bonds. The van der Waals surface area contributed by atoms with E-state index in [9.17, 15) is 9.59 Å². The quantitative estimate of drug-likeness (QED) is 0.645. The second-order valence-electron chi connectivity index (χ2n) is 7.74. The van der Waals surface area contributed by atoms with E-state index in [2.05, 4.69) is 10.2 Å². The van der Waals surface area contributed by atoms with Crippen LogP contribution in [0.4, 0.5) is 5.69 Å². The van der Waals surface area contributed by atoms with E-state index in [0.717, 1.165) is 49.9 Å². The van der Waals surface area contributed by atoms with Gasteiger partial charge < -0.3 is 16.8 Å². The summed E-state index contributed by atoms with van der Waals surface area (Å²) in [5.41, 5.74) is 13.5. The Kier molecular flexibility index (Phi) is 10.2. The van der Waals surface area contributed by atoms with Gasteiger partial charge in [0.1, 0.15) is 0 Å². The molecule has 1 aliphatic heterocycles. The third-order valence-corrected chi connectivity index (χ3v) is 5.76. The highest BCUT2D eigenvalue weighted by Crippen LogP contribution is 2.28. The Bertz CT molecular complexity index is 659. The molecule has 6 nitrogen and oxygen atoms in total. The molecule has 1 heterocycles. The zero-order valence-electron chi connectivity index (χ0n) is 16.1. The van der Waals surface area contributed by atoms with Crippen molar-refractivity contribution in [2.75, 3.05) is 18.4 Å². The number of primary amides is 1. The zero-order valence-corrected chi connectivity index (χ0v) is 17.8. The van der Waals surface area contributed by atoms with Gasteiger partial charge in [0.15, 0.2) is 0 Å². The van der Waals surface area contributed by atoms with Crippen LogP contribution in [0.2, 0.25) is 0 Å². The summed E-state index contributed by atoms with van der Waals surface area (Å²) in [6, 6.07) is 8.04. The predicted octanol–water partition coefficient (Wildman–Crippen LogP) is 2.68. The standard InChI is InChI=1S/C20H30N4O2.2ClH/c21-17-8-3-6-14(17)11-19(25)23-18-9-2-1-5-15(18)12-24-10-4-7-16(13-24)20(22)26;;/h1-2,5,9,14,16-17H,3-4,6-8,10-13,21H2,(H2,22,26)(H,23,25);2*1H/t14-,16?,17+;;/m0../s1. The van der Waals surface area contributed by atoms with Gasteiger partial charge in [0.05, 0.1) is 5.92 Å². The molecular weight excluding hydrogens is 399 g/mol. The number of anilines is 1. The molecule has 158 valence electrons. The summed E-state index contributed by atoms with van der Waals surface area (Å²) in [6.45, 7) is 2.35. The van der Waals surface area contributed by atoms with E-state index in [-0.39, 0.29) is 48.6 Å². The van der Waals surface area contributed by atoms with Crippen molar-refractivity contribution in [1.82, 2.24) is 4.90 Å². The van der Waals surface area contributed by atoms with Crippen LogP contribution < -0.4 is 16.8 Å². The number of nitrogens with zero attached hydrogens (tertiary/aromatic N) is 1. The van der Waals surface area contributed by atoms with E-state index in [4.69, 9.17) is 11.5 Å². The Labute approximate surface area is 179 Å². The average Bonchev–Trinajstić information content (AvgIpc) is 3.01. The van der Waals surface area contributed by atoms with Crippen molar-refractivity contribution < 1.29 is 9.59 Å². The lowest BCUT2D eigenvalue weighted by Crippen LogP contribution is -2.40. The first-order valence-corrected chi connectivity index (χ1v) is 9.68. The Balaban J connectivity index is 0.00000196. The molecule has 0 radical (unpaired) electrons. The lowest BCUT2D eigenvalue weighted by atomic mass is 9.97. The highest BCUT2D eigenvalue weighted by atomic mass is 35.5. The minimum Gasteiger partial charge on any atom is -0.369 e. The largest absolute Gasteiger partial charge is 0.369 e. The topological polar surface area (TPSA) is 101 Å². The summed E-state index contributed by atoms with van der Waals surface area (Å²) < 4.78 is 0. The van der Waals surface area contributed by atoms with Gasteiger partial charge in [-0.3, -0.25) is 14.5 Å². The van der Waals surface area contributed by atoms with Crippen LogP contribution in [-0.2, 0) is 16.1 Å². The maximum Gasteiger partial charge on any atom is 0.224 e. The monoisotopic (exact) mass is 430 g/mol. The molecule has 0 aromatic heterocycles. The molecule has 3 atom stereocenters. The van der Waals surface area contributed by atoms with E-state index < -0.39 is 0 Å². The number of carbonyl (C=O) groups excluding carboxylic acids is 2. The highest BCUT2D eigenvalue weighted by Gasteiger charge is 2.27. The number of piperidine rings is 1. The minimum atomic E-state index is -0.218. The van der Waals surface area contributed by atoms with Crippen molar-refractivity contribution in [3.8, 4) is 0 Å². The average molecular weight is 431 g/mol. The van der Waals surface area contributed by atoms with Crippen LogP contribution >= 0.6 is 24.8 Å². The molecule has 1 unspecified atom stereocenters. The molecule has 8 heteroatoms. The first-order chi connectivity index (χ1) is 12.5. The lowest BCUT2D eigenvalue weighted by molar-refractivity contribution is -0.123. The van der Waals surface area contributed by atoms with Crippen molar-refractivity contribution in [1.29, 1.82) is 0 Å². The molecule has 1 aromatic rings. The first-order valence-electron chi connectivity index (χ1n) is 9.68. The second kappa shape index (κ2) is 11.6. The summed E-state index contributed by atoms with van der Waals surface area (Å²) in [7, 11) is 0. The summed E-state index contributed by atoms with van der Waals surface area (Å²) in [6.07, 6.45) is 5.51. The fourth-order valence-electron chi connectivity index (χ4n) is 4.21. The second-order valence-corrected chi connectivity index (χ2v) is 7.74. The molecule has 1 aromatic carbocycles. The molecule has 0 spiro atoms. The van der Waals surface area contributed by atoms with E-state index in [1.165, 1.54) is 0 Å². The van der Waals surface area contributed by atoms with Gasteiger partial charge in [-0.05, 0) is 49.8 Å². The van der Waals surface area contributed by atoms with Gasteiger partial charge in [-0.25, -0.2) is 0 Å². The molecule has 1 saturated heterocycles. The van der Waals surface area contributed by atoms with Crippen LogP contribution in [0.15, 0.2) is 24.3 Å². The Hall–Kier alpha value is -1.34. The Morgan fingerprint density at radius 2 is 1.86 bits per heavy atom. The fraction of sp³-hybridized carbons (Fsp3) is 0.600. The first kappa shape index (κ1) is 24.7. The number of nitrogens with one attached hydrogen (secondary N) is 1. The van der Waals surface area contributed by atoms with Gasteiger partial charge in [-0.1, -0.05) is 24.6 Å². The fourth-order valence-corrected chi connectivity index (χ4v) is 4.21. The number of hydrogen-bond acceptors (Lipinski definition) is 4. The highest BCUT2D eigenvalue weighted by molar-refractivity contribution is 5.91. The number of carbonyl (C=O) groups is 2. The van der Waals surface area contributed by atoms with Crippen LogP contribution in [0.1, 0.15) is 44.1 Å². The van der Waals surface area contributed by atoms with Crippen LogP contribution in [0.5, 0.6) is 0 Å². The number of rotatable bonds is 6. The van der Waals surface area contributed by atoms with Crippen LogP contribution in [0.3, 0.4) is 0 Å². The number of hydrogen-bond donors (Lipinski definition) is 3. The minimum absolute atomic E-state index is 0. The van der Waals surface area contributed by atoms with E-state index in [0.29, 0.717) is 25.4 Å². The molecule has 5 N–H and O–H groups in total. The molecule has 1 aliphatic carbocycles. The lowest BCUT2D eigenvalue weighted by Gasteiger charge is -2.31. The maximum atomic E-state index is 12.5. The molecule has 28 heavy (non-hydrogen) atoms. The van der Waals surface area contributed by atoms with Gasteiger partial charge in [-0.2, -0.15) is 0 Å². The van der Waals surface area contributed by atoms with Gasteiger partial charge in [-0.15, -0.1) is 24.8 Å². The van der Waals surface area contributed by atoms with E-state index >= 15 is 0 Å². The van der Waals surface area contributed by atoms with Crippen molar-refractivity contribution in [3.63, 3.8) is 0 Å². The molecule has 2 aliphatic rings. The van der Waals surface area contributed by atoms with Gasteiger partial charge in [0.2, 0.25) is 11.8 Å². The Morgan fingerprint density at radius 3 is 2.54 bits per heavy atom. The number of amides is 2. The van der Waals surface area contributed by atoms with Crippen molar-refractivity contribution in [2.45, 2.75) is 51.1 Å². The summed E-state index contributed by atoms with van der Waals surface area (Å²) in [5.74, 6) is 0.0348. The molecular formula is C20H32Cl2N4O2. The number of likely N-dealkylation sites (tertiary alicyclic amines) is 1. The maximum absolute atomic E-state index is 12.5. The third kappa shape index (κ3) is 6.62. The summed E-state index contributed by atoms with van der Waals surface area (Å²) >= 11 is 0. The van der Waals surface area contributed by atoms with Crippen LogP contribution in [0.25, 0.3) is 0 Å². The van der Waals surface area contributed by atoms with Crippen molar-refractivity contribution in [2.24, 2.45) is 23.3 Å². The number of halogens is 2. The smallest absolute Gasteiger partial charge is 0.224 e. The third-order valence-electron chi connectivity index (χ3n) is 5.76. The van der Waals surface area contributed by atoms with Gasteiger partial charge in [0, 0.05) is 31.2 Å². The summed E-state index contributed by atoms with van der Waals surface area (Å²) in [4.78, 5) is 26.2. The Morgan fingerprint density at radius 1 is 1.11 bits per heavy atom. The van der Waals surface area contributed by atoms with Crippen molar-refractivity contribution in [3.05, 3.63) is 29.8 Å². The van der Waals surface area contributed by atoms with E-state index in [1.807, 2.05) is 24.3 Å². The van der Waals surface area contributed by atoms with Gasteiger partial charge >= 0.3 is 0 Å². The van der Waals surface area contributed by atoms with Crippen LogP contribution in [-0.4, -0.2) is 35.8 Å². The van der Waals surface area contributed by atoms with Crippen molar-refractivity contribution >= 4 is 42.3 Å². The number of para-hydroxylation sites is 1. The molecule has 2 fully saturated rings. The SMILES string of the molecule is Cl.Cl.NC(=O)C1CCCN(Cc2ccccc2NC(=O)C[C@@H]2CCC[C@H]2N)C1. The molecule has 0 bridgehead atoms. The predicted molar refractivity (Wildman–Crippen MR) is 117 cm³/mol. The summed E-state index contributed by atoms with van der Waals surface area (Å²) in [5, 5.41) is 3.07. The normalized spacial score (nSPS) is 24.7. The van der Waals surface area contributed by atoms with E-state index in [1.54, 1.807) is 0 Å². The molecule has 1 saturated carbocycles. The molecule has 3 rings (SSSR count). The zero-order chi connectivity index (χ0) is 18.5. The van der Waals surface area contributed by atoms with Gasteiger partial charge in [0.25, 0.3) is 0 Å². The number of benzene rings is 1. The number of nitrogens with two attached hydrogens (primary N) is 2.